The van der Waals surface area contributed by atoms with E-state index in [0.29, 0.717) is 19.1 Å². The summed E-state index contributed by atoms with van der Waals surface area (Å²) in [6.07, 6.45) is 3.02. The van der Waals surface area contributed by atoms with Crippen LogP contribution < -0.4 is 15.8 Å². The van der Waals surface area contributed by atoms with Gasteiger partial charge in [-0.2, -0.15) is 0 Å². The number of likely N-dealkylation sites (tertiary alicyclic amines) is 1. The third-order valence-corrected chi connectivity index (χ3v) is 5.06. The quantitative estimate of drug-likeness (QED) is 0.363. The van der Waals surface area contributed by atoms with Crippen molar-refractivity contribution in [3.63, 3.8) is 0 Å². The zero-order chi connectivity index (χ0) is 20.3. The lowest BCUT2D eigenvalue weighted by Gasteiger charge is -2.34. The molecule has 1 atom stereocenters. The number of aliphatic hydroxyl groups is 1. The first-order valence-corrected chi connectivity index (χ1v) is 10.4. The molecule has 0 radical (unpaired) electrons. The van der Waals surface area contributed by atoms with Gasteiger partial charge in [-0.25, -0.2) is 4.99 Å². The minimum Gasteiger partial charge on any atom is -0.489 e. The molecular formula is C23H32N4O2. The summed E-state index contributed by atoms with van der Waals surface area (Å²) in [5, 5.41) is 13.0. The second-order valence-electron chi connectivity index (χ2n) is 7.41. The molecule has 2 aromatic carbocycles. The Balaban J connectivity index is 1.65. The van der Waals surface area contributed by atoms with Crippen LogP contribution in [0.3, 0.4) is 0 Å². The Kier molecular flexibility index (Phi) is 8.34. The van der Waals surface area contributed by atoms with Gasteiger partial charge in [-0.3, -0.25) is 0 Å². The summed E-state index contributed by atoms with van der Waals surface area (Å²) in [7, 11) is 0. The van der Waals surface area contributed by atoms with E-state index in [-0.39, 0.29) is 6.61 Å². The summed E-state index contributed by atoms with van der Waals surface area (Å²) < 4.78 is 5.86. The van der Waals surface area contributed by atoms with Crippen LogP contribution in [-0.2, 0) is 6.61 Å². The zero-order valence-corrected chi connectivity index (χ0v) is 17.0. The van der Waals surface area contributed by atoms with E-state index in [1.54, 1.807) is 0 Å². The van der Waals surface area contributed by atoms with Crippen molar-refractivity contribution < 1.29 is 9.84 Å². The minimum absolute atomic E-state index is 0.222. The van der Waals surface area contributed by atoms with Crippen molar-refractivity contribution in [3.05, 3.63) is 60.2 Å². The average Bonchev–Trinajstić information content (AvgIpc) is 2.79. The van der Waals surface area contributed by atoms with E-state index in [4.69, 9.17) is 15.5 Å². The van der Waals surface area contributed by atoms with Crippen molar-refractivity contribution in [2.24, 2.45) is 16.6 Å². The monoisotopic (exact) mass is 396 g/mol. The fourth-order valence-electron chi connectivity index (χ4n) is 3.41. The maximum absolute atomic E-state index is 9.54. The van der Waals surface area contributed by atoms with Gasteiger partial charge in [0.1, 0.15) is 12.4 Å². The van der Waals surface area contributed by atoms with Gasteiger partial charge in [-0.05, 0) is 61.6 Å². The number of aliphatic hydroxyl groups excluding tert-OH is 1. The highest BCUT2D eigenvalue weighted by atomic mass is 16.5. The number of hydrogen-bond donors (Lipinski definition) is 3. The normalized spacial score (nSPS) is 17.2. The highest BCUT2D eigenvalue weighted by Crippen LogP contribution is 2.21. The molecule has 6 nitrogen and oxygen atoms in total. The molecule has 1 unspecified atom stereocenters. The molecule has 4 N–H and O–H groups in total. The van der Waals surface area contributed by atoms with Gasteiger partial charge in [0.15, 0.2) is 5.96 Å². The Labute approximate surface area is 173 Å². The molecule has 1 saturated heterocycles. The molecule has 1 fully saturated rings. The number of ether oxygens (including phenoxy) is 1. The Morgan fingerprint density at radius 2 is 1.97 bits per heavy atom. The van der Waals surface area contributed by atoms with Crippen LogP contribution in [0.1, 0.15) is 24.8 Å². The van der Waals surface area contributed by atoms with Gasteiger partial charge < -0.3 is 25.8 Å². The van der Waals surface area contributed by atoms with Crippen molar-refractivity contribution in [1.29, 1.82) is 0 Å². The van der Waals surface area contributed by atoms with Gasteiger partial charge in [-0.1, -0.05) is 30.3 Å². The molecule has 0 amide bonds. The number of piperidine rings is 1. The summed E-state index contributed by atoms with van der Waals surface area (Å²) in [5.41, 5.74) is 7.65. The number of benzene rings is 2. The van der Waals surface area contributed by atoms with Crippen LogP contribution in [0.4, 0.5) is 5.69 Å². The van der Waals surface area contributed by atoms with E-state index in [1.165, 1.54) is 0 Å². The second kappa shape index (κ2) is 11.4. The molecule has 3 rings (SSSR count). The molecule has 29 heavy (non-hydrogen) atoms. The van der Waals surface area contributed by atoms with Crippen LogP contribution in [0.5, 0.6) is 5.75 Å². The second-order valence-corrected chi connectivity index (χ2v) is 7.41. The van der Waals surface area contributed by atoms with Gasteiger partial charge >= 0.3 is 0 Å². The first kappa shape index (κ1) is 21.1. The molecule has 6 heteroatoms. The maximum Gasteiger partial charge on any atom is 0.199 e. The van der Waals surface area contributed by atoms with Crippen LogP contribution in [-0.4, -0.2) is 48.8 Å². The largest absolute Gasteiger partial charge is 0.489 e. The van der Waals surface area contributed by atoms with Crippen LogP contribution in [0.25, 0.3) is 0 Å². The standard InChI is InChI=1S/C23H32N4O2/c24-13-5-14-25-23(27-15-4-8-20(16-27)17-28)26-21-9-11-22(12-10-21)29-18-19-6-2-1-3-7-19/h1-3,6-7,9-12,20,28H,4-5,8,13-18,24H2,(H,25,26). The molecule has 0 bridgehead atoms. The van der Waals surface area contributed by atoms with E-state index in [1.807, 2.05) is 42.5 Å². The van der Waals surface area contributed by atoms with Crippen LogP contribution in [0, 0.1) is 5.92 Å². The number of rotatable bonds is 8. The van der Waals surface area contributed by atoms with Crippen molar-refractivity contribution in [2.45, 2.75) is 25.9 Å². The molecule has 0 saturated carbocycles. The van der Waals surface area contributed by atoms with E-state index in [2.05, 4.69) is 22.3 Å². The van der Waals surface area contributed by atoms with Gasteiger partial charge in [-0.15, -0.1) is 0 Å². The molecule has 2 aromatic rings. The van der Waals surface area contributed by atoms with Gasteiger partial charge in [0.2, 0.25) is 0 Å². The predicted octanol–water partition coefficient (Wildman–Crippen LogP) is 2.90. The van der Waals surface area contributed by atoms with Crippen molar-refractivity contribution in [2.75, 3.05) is 32.8 Å². The first-order chi connectivity index (χ1) is 14.3. The Morgan fingerprint density at radius 1 is 1.17 bits per heavy atom. The van der Waals surface area contributed by atoms with Crippen LogP contribution in [0.15, 0.2) is 59.6 Å². The van der Waals surface area contributed by atoms with E-state index < -0.39 is 0 Å². The van der Waals surface area contributed by atoms with Gasteiger partial charge in [0.25, 0.3) is 0 Å². The predicted molar refractivity (Wildman–Crippen MR) is 117 cm³/mol. The molecular weight excluding hydrogens is 364 g/mol. The van der Waals surface area contributed by atoms with E-state index in [9.17, 15) is 5.11 Å². The van der Waals surface area contributed by atoms with Crippen molar-refractivity contribution in [1.82, 2.24) is 10.2 Å². The average molecular weight is 397 g/mol. The lowest BCUT2D eigenvalue weighted by atomic mass is 9.99. The summed E-state index contributed by atoms with van der Waals surface area (Å²) in [4.78, 5) is 7.07. The highest BCUT2D eigenvalue weighted by Gasteiger charge is 2.21. The number of aliphatic imine (C=N–C) groups is 1. The fraction of sp³-hybridized carbons (Fsp3) is 0.435. The van der Waals surface area contributed by atoms with E-state index >= 15 is 0 Å². The number of guanidine groups is 1. The lowest BCUT2D eigenvalue weighted by Crippen LogP contribution is -2.47. The molecule has 1 aliphatic heterocycles. The zero-order valence-electron chi connectivity index (χ0n) is 17.0. The summed E-state index contributed by atoms with van der Waals surface area (Å²) >= 11 is 0. The summed E-state index contributed by atoms with van der Waals surface area (Å²) in [5.74, 6) is 1.98. The number of nitrogens with one attached hydrogen (secondary N) is 1. The van der Waals surface area contributed by atoms with Crippen LogP contribution in [0.2, 0.25) is 0 Å². The molecule has 0 aliphatic carbocycles. The molecule has 156 valence electrons. The number of nitrogens with two attached hydrogens (primary N) is 1. The minimum atomic E-state index is 0.222. The van der Waals surface area contributed by atoms with Crippen molar-refractivity contribution in [3.8, 4) is 5.75 Å². The van der Waals surface area contributed by atoms with Crippen molar-refractivity contribution >= 4 is 11.6 Å². The molecule has 1 aliphatic rings. The first-order valence-electron chi connectivity index (χ1n) is 10.4. The number of nitrogens with zero attached hydrogens (tertiary/aromatic N) is 2. The topological polar surface area (TPSA) is 83.1 Å². The molecule has 1 heterocycles. The van der Waals surface area contributed by atoms with Gasteiger partial charge in [0, 0.05) is 26.2 Å². The third-order valence-electron chi connectivity index (χ3n) is 5.06. The van der Waals surface area contributed by atoms with Crippen LogP contribution >= 0.6 is 0 Å². The SMILES string of the molecule is NCCCN/C(=N/c1ccc(OCc2ccccc2)cc1)N1CCCC(CO)C1. The fourth-order valence-corrected chi connectivity index (χ4v) is 3.41. The van der Waals surface area contributed by atoms with E-state index in [0.717, 1.165) is 61.9 Å². The van der Waals surface area contributed by atoms with Gasteiger partial charge in [0.05, 0.1) is 5.69 Å². The Morgan fingerprint density at radius 3 is 2.69 bits per heavy atom. The highest BCUT2D eigenvalue weighted by molar-refractivity contribution is 5.83. The smallest absolute Gasteiger partial charge is 0.199 e. The third kappa shape index (κ3) is 6.76. The molecule has 0 aromatic heterocycles. The maximum atomic E-state index is 9.54. The lowest BCUT2D eigenvalue weighted by molar-refractivity contribution is 0.158. The Hall–Kier alpha value is -2.57. The summed E-state index contributed by atoms with van der Waals surface area (Å²) in [6, 6.07) is 18.0. The summed E-state index contributed by atoms with van der Waals surface area (Å²) in [6.45, 7) is 3.97. The molecule has 0 spiro atoms. The Bertz CT molecular complexity index is 749. The number of hydrogen-bond acceptors (Lipinski definition) is 4.